The van der Waals surface area contributed by atoms with Crippen LogP contribution in [0.25, 0.3) is 11.3 Å². The first kappa shape index (κ1) is 26.0. The Morgan fingerprint density at radius 2 is 1.84 bits per heavy atom. The molecule has 1 heterocycles. The number of methoxy groups -OCH3 is 2. The van der Waals surface area contributed by atoms with E-state index in [0.717, 1.165) is 16.7 Å². The summed E-state index contributed by atoms with van der Waals surface area (Å²) in [6, 6.07) is 9.24. The van der Waals surface area contributed by atoms with Crippen LogP contribution >= 0.6 is 0 Å². The van der Waals surface area contributed by atoms with E-state index in [1.165, 1.54) is 16.8 Å². The predicted octanol–water partition coefficient (Wildman–Crippen LogP) is 3.71. The molecule has 196 valence electrons. The second-order valence-corrected chi connectivity index (χ2v) is 8.07. The number of benzene rings is 2. The molecular formula is C25H28FN5O6. The van der Waals surface area contributed by atoms with Crippen molar-refractivity contribution in [3.05, 3.63) is 58.2 Å². The standard InChI is InChI=1S/C25H28FN5O6/c1-34-21-13-16-12-20-23(19(16)15-22(21)35-2)30-31(24(20)29-18-5-3-4-17(26)14-18)25(32)27-6-8-36-10-11-37-9-7-28-33/h3-5,13-15,29H,6-12H2,1-2H3,(H,27,32). The van der Waals surface area contributed by atoms with Crippen molar-refractivity contribution < 1.29 is 28.1 Å². The molecule has 4 rings (SSSR count). The van der Waals surface area contributed by atoms with Crippen LogP contribution in [-0.4, -0.2) is 69.5 Å². The fraction of sp³-hybridized carbons (Fsp3) is 0.360. The summed E-state index contributed by atoms with van der Waals surface area (Å²) in [6.07, 6.45) is 0.499. The molecule has 1 aliphatic rings. The van der Waals surface area contributed by atoms with E-state index in [0.29, 0.717) is 48.3 Å². The molecule has 11 nitrogen and oxygen atoms in total. The molecule has 0 aliphatic heterocycles. The van der Waals surface area contributed by atoms with Gasteiger partial charge in [-0.15, -0.1) is 0 Å². The van der Waals surface area contributed by atoms with Gasteiger partial charge in [0, 0.05) is 29.8 Å². The van der Waals surface area contributed by atoms with Gasteiger partial charge in [0.1, 0.15) is 18.2 Å². The van der Waals surface area contributed by atoms with Gasteiger partial charge < -0.3 is 29.6 Å². The SMILES string of the molecule is COc1cc2c(cc1OC)-c1nn(C(=O)NCCOCCOCCN=O)c(Nc3cccc(F)c3)c1C2. The molecule has 1 aromatic heterocycles. The fourth-order valence-corrected chi connectivity index (χ4v) is 4.02. The van der Waals surface area contributed by atoms with E-state index in [-0.39, 0.29) is 26.3 Å². The van der Waals surface area contributed by atoms with Gasteiger partial charge >= 0.3 is 6.03 Å². The average molecular weight is 514 g/mol. The molecule has 0 saturated carbocycles. The topological polar surface area (TPSA) is 125 Å². The zero-order valence-corrected chi connectivity index (χ0v) is 20.6. The summed E-state index contributed by atoms with van der Waals surface area (Å²) in [5.41, 5.74) is 3.71. The fourth-order valence-electron chi connectivity index (χ4n) is 4.02. The first-order chi connectivity index (χ1) is 18.0. The number of nitroso groups, excluding NO2 is 1. The molecule has 3 aromatic rings. The summed E-state index contributed by atoms with van der Waals surface area (Å²) < 4.78 is 36.6. The number of ether oxygens (including phenoxy) is 4. The lowest BCUT2D eigenvalue weighted by molar-refractivity contribution is 0.0524. The number of nitrogens with one attached hydrogen (secondary N) is 2. The minimum atomic E-state index is -0.466. The van der Waals surface area contributed by atoms with Crippen LogP contribution in [0.4, 0.5) is 20.7 Å². The third-order valence-corrected chi connectivity index (χ3v) is 5.72. The number of rotatable bonds is 13. The van der Waals surface area contributed by atoms with Crippen LogP contribution in [0, 0.1) is 10.7 Å². The second kappa shape index (κ2) is 12.3. The summed E-state index contributed by atoms with van der Waals surface area (Å²) in [6.45, 7) is 1.48. The van der Waals surface area contributed by atoms with Crippen LogP contribution in [0.1, 0.15) is 11.1 Å². The van der Waals surface area contributed by atoms with Crippen molar-refractivity contribution in [2.45, 2.75) is 6.42 Å². The van der Waals surface area contributed by atoms with E-state index < -0.39 is 11.8 Å². The van der Waals surface area contributed by atoms with Gasteiger partial charge in [0.2, 0.25) is 0 Å². The van der Waals surface area contributed by atoms with E-state index in [4.69, 9.17) is 18.9 Å². The molecule has 1 amide bonds. The maximum Gasteiger partial charge on any atom is 0.344 e. The smallest absolute Gasteiger partial charge is 0.344 e. The molecule has 2 N–H and O–H groups in total. The number of amides is 1. The van der Waals surface area contributed by atoms with Crippen molar-refractivity contribution in [3.63, 3.8) is 0 Å². The minimum Gasteiger partial charge on any atom is -0.493 e. The monoisotopic (exact) mass is 513 g/mol. The quantitative estimate of drug-likeness (QED) is 0.205. The predicted molar refractivity (Wildman–Crippen MR) is 134 cm³/mol. The van der Waals surface area contributed by atoms with Gasteiger partial charge in [0.25, 0.3) is 0 Å². The van der Waals surface area contributed by atoms with Gasteiger partial charge in [-0.2, -0.15) is 14.7 Å². The van der Waals surface area contributed by atoms with E-state index in [1.54, 1.807) is 26.4 Å². The number of hydrogen-bond acceptors (Lipinski definition) is 9. The maximum atomic E-state index is 13.9. The molecule has 0 fully saturated rings. The van der Waals surface area contributed by atoms with Crippen molar-refractivity contribution in [2.75, 3.05) is 59.1 Å². The summed E-state index contributed by atoms with van der Waals surface area (Å²) >= 11 is 0. The lowest BCUT2D eigenvalue weighted by Gasteiger charge is -2.13. The molecular weight excluding hydrogens is 485 g/mol. The number of anilines is 2. The number of hydrogen-bond donors (Lipinski definition) is 2. The van der Waals surface area contributed by atoms with Crippen molar-refractivity contribution in [1.82, 2.24) is 15.1 Å². The van der Waals surface area contributed by atoms with Gasteiger partial charge in [-0.05, 0) is 35.9 Å². The summed E-state index contributed by atoms with van der Waals surface area (Å²) in [7, 11) is 3.13. The third-order valence-electron chi connectivity index (χ3n) is 5.72. The van der Waals surface area contributed by atoms with E-state index in [9.17, 15) is 14.1 Å². The van der Waals surface area contributed by atoms with Gasteiger partial charge in [0.05, 0.1) is 46.3 Å². The lowest BCUT2D eigenvalue weighted by Crippen LogP contribution is -2.33. The number of halogens is 1. The first-order valence-electron chi connectivity index (χ1n) is 11.7. The van der Waals surface area contributed by atoms with Crippen LogP contribution in [0.15, 0.2) is 41.6 Å². The van der Waals surface area contributed by atoms with Gasteiger partial charge in [0.15, 0.2) is 11.5 Å². The number of nitrogens with zero attached hydrogens (tertiary/aromatic N) is 3. The first-order valence-corrected chi connectivity index (χ1v) is 11.7. The molecule has 2 aromatic carbocycles. The normalized spacial score (nSPS) is 11.5. The van der Waals surface area contributed by atoms with Crippen LogP contribution in [0.5, 0.6) is 11.5 Å². The van der Waals surface area contributed by atoms with E-state index in [2.05, 4.69) is 20.9 Å². The highest BCUT2D eigenvalue weighted by Crippen LogP contribution is 2.45. The van der Waals surface area contributed by atoms with Crippen LogP contribution in [0.2, 0.25) is 0 Å². The third kappa shape index (κ3) is 6.04. The van der Waals surface area contributed by atoms with Crippen molar-refractivity contribution in [1.29, 1.82) is 0 Å². The van der Waals surface area contributed by atoms with Crippen LogP contribution < -0.4 is 20.1 Å². The Balaban J connectivity index is 1.51. The highest BCUT2D eigenvalue weighted by molar-refractivity contribution is 5.88. The molecule has 0 atom stereocenters. The van der Waals surface area contributed by atoms with Crippen LogP contribution in [0.3, 0.4) is 0 Å². The van der Waals surface area contributed by atoms with Crippen LogP contribution in [-0.2, 0) is 15.9 Å². The average Bonchev–Trinajstić information content (AvgIpc) is 3.42. The Hall–Kier alpha value is -4.03. The Kier molecular flexibility index (Phi) is 8.64. The van der Waals surface area contributed by atoms with Gasteiger partial charge in [-0.25, -0.2) is 9.18 Å². The number of fused-ring (bicyclic) bond motifs is 3. The maximum absolute atomic E-state index is 13.9. The number of carbonyl (C=O) groups is 1. The Morgan fingerprint density at radius 3 is 2.57 bits per heavy atom. The Labute approximate surface area is 212 Å². The molecule has 0 bridgehead atoms. The molecule has 12 heteroatoms. The molecule has 1 aliphatic carbocycles. The summed E-state index contributed by atoms with van der Waals surface area (Å²) in [5.74, 6) is 1.18. The lowest BCUT2D eigenvalue weighted by atomic mass is 10.1. The Morgan fingerprint density at radius 1 is 1.08 bits per heavy atom. The van der Waals surface area contributed by atoms with Crippen molar-refractivity contribution >= 4 is 17.5 Å². The molecule has 0 saturated heterocycles. The highest BCUT2D eigenvalue weighted by Gasteiger charge is 2.31. The highest BCUT2D eigenvalue weighted by atomic mass is 19.1. The van der Waals surface area contributed by atoms with Crippen molar-refractivity contribution in [2.24, 2.45) is 5.18 Å². The molecule has 0 spiro atoms. The van der Waals surface area contributed by atoms with Crippen molar-refractivity contribution in [3.8, 4) is 22.8 Å². The minimum absolute atomic E-state index is 0.0979. The molecule has 0 radical (unpaired) electrons. The summed E-state index contributed by atoms with van der Waals surface area (Å²) in [5, 5.41) is 13.2. The van der Waals surface area contributed by atoms with E-state index >= 15 is 0 Å². The van der Waals surface area contributed by atoms with Gasteiger partial charge in [-0.1, -0.05) is 11.2 Å². The second-order valence-electron chi connectivity index (χ2n) is 8.07. The zero-order valence-electron chi connectivity index (χ0n) is 20.6. The largest absolute Gasteiger partial charge is 0.493 e. The van der Waals surface area contributed by atoms with Gasteiger partial charge in [-0.3, -0.25) is 0 Å². The molecule has 0 unspecified atom stereocenters. The Bertz CT molecular complexity index is 1260. The number of carbonyl (C=O) groups excluding carboxylic acids is 1. The van der Waals surface area contributed by atoms with E-state index in [1.807, 2.05) is 12.1 Å². The molecule has 37 heavy (non-hydrogen) atoms. The zero-order chi connectivity index (χ0) is 26.2. The number of aromatic nitrogens is 2. The summed E-state index contributed by atoms with van der Waals surface area (Å²) in [4.78, 5) is 23.1.